The van der Waals surface area contributed by atoms with Gasteiger partial charge in [-0.3, -0.25) is 4.98 Å². The van der Waals surface area contributed by atoms with Crippen molar-refractivity contribution in [2.24, 2.45) is 0 Å². The lowest BCUT2D eigenvalue weighted by Crippen LogP contribution is -1.97. The van der Waals surface area contributed by atoms with Crippen molar-refractivity contribution in [1.29, 1.82) is 0 Å². The van der Waals surface area contributed by atoms with E-state index in [2.05, 4.69) is 11.9 Å². The highest BCUT2D eigenvalue weighted by molar-refractivity contribution is 7.98. The van der Waals surface area contributed by atoms with Gasteiger partial charge in [0.25, 0.3) is 0 Å². The zero-order valence-electron chi connectivity index (χ0n) is 8.45. The van der Waals surface area contributed by atoms with E-state index in [1.807, 2.05) is 0 Å². The molecule has 0 aliphatic rings. The highest BCUT2D eigenvalue weighted by Crippen LogP contribution is 2.26. The third-order valence-corrected chi connectivity index (χ3v) is 2.97. The van der Waals surface area contributed by atoms with E-state index in [0.29, 0.717) is 11.3 Å². The van der Waals surface area contributed by atoms with Crippen LogP contribution >= 0.6 is 11.8 Å². The Hall–Kier alpha value is -0.740. The summed E-state index contributed by atoms with van der Waals surface area (Å²) in [7, 11) is 0. The maximum Gasteiger partial charge on any atom is 0.142 e. The predicted octanol–water partition coefficient (Wildman–Crippen LogP) is 1.84. The monoisotopic (exact) mass is 213 g/mol. The summed E-state index contributed by atoms with van der Waals surface area (Å²) in [6.45, 7) is 3.67. The molecule has 0 atom stereocenters. The first-order valence-electron chi connectivity index (χ1n) is 4.55. The Morgan fingerprint density at radius 3 is 2.79 bits per heavy atom. The SMILES string of the molecule is CCSCc1cnc(C)c(O)c1CO. The lowest BCUT2D eigenvalue weighted by atomic mass is 10.1. The molecule has 2 N–H and O–H groups in total. The molecule has 0 unspecified atom stereocenters. The van der Waals surface area contributed by atoms with Gasteiger partial charge in [-0.15, -0.1) is 0 Å². The summed E-state index contributed by atoms with van der Waals surface area (Å²) in [6.07, 6.45) is 1.73. The fraction of sp³-hybridized carbons (Fsp3) is 0.500. The Bertz CT molecular complexity index is 315. The van der Waals surface area contributed by atoms with Crippen LogP contribution in [0, 0.1) is 6.92 Å². The minimum Gasteiger partial charge on any atom is -0.506 e. The summed E-state index contributed by atoms with van der Waals surface area (Å²) < 4.78 is 0. The van der Waals surface area contributed by atoms with E-state index in [1.54, 1.807) is 24.9 Å². The van der Waals surface area contributed by atoms with Crippen LogP contribution in [0.2, 0.25) is 0 Å². The van der Waals surface area contributed by atoms with Gasteiger partial charge in [-0.1, -0.05) is 6.92 Å². The molecule has 3 nitrogen and oxygen atoms in total. The number of pyridine rings is 1. The largest absolute Gasteiger partial charge is 0.506 e. The molecule has 0 bridgehead atoms. The van der Waals surface area contributed by atoms with Crippen molar-refractivity contribution in [3.63, 3.8) is 0 Å². The van der Waals surface area contributed by atoms with E-state index in [-0.39, 0.29) is 12.4 Å². The molecule has 0 aliphatic carbocycles. The molecular formula is C10H15NO2S. The van der Waals surface area contributed by atoms with E-state index in [4.69, 9.17) is 5.11 Å². The van der Waals surface area contributed by atoms with Gasteiger partial charge in [0.15, 0.2) is 0 Å². The number of hydrogen-bond acceptors (Lipinski definition) is 4. The predicted molar refractivity (Wildman–Crippen MR) is 58.4 cm³/mol. The second-order valence-corrected chi connectivity index (χ2v) is 4.27. The van der Waals surface area contributed by atoms with Crippen molar-refractivity contribution < 1.29 is 10.2 Å². The van der Waals surface area contributed by atoms with Crippen LogP contribution in [0.1, 0.15) is 23.7 Å². The van der Waals surface area contributed by atoms with Gasteiger partial charge in [0.05, 0.1) is 12.3 Å². The van der Waals surface area contributed by atoms with E-state index < -0.39 is 0 Å². The van der Waals surface area contributed by atoms with Crippen LogP contribution in [0.4, 0.5) is 0 Å². The molecule has 0 aromatic carbocycles. The lowest BCUT2D eigenvalue weighted by molar-refractivity contribution is 0.274. The van der Waals surface area contributed by atoms with Gasteiger partial charge in [-0.2, -0.15) is 11.8 Å². The number of aliphatic hydroxyl groups excluding tert-OH is 1. The summed E-state index contributed by atoms with van der Waals surface area (Å²) in [5.41, 5.74) is 2.10. The first kappa shape index (κ1) is 11.3. The molecule has 4 heteroatoms. The van der Waals surface area contributed by atoms with Gasteiger partial charge in [0, 0.05) is 17.5 Å². The number of aromatic nitrogens is 1. The number of nitrogens with zero attached hydrogens (tertiary/aromatic N) is 1. The highest BCUT2D eigenvalue weighted by atomic mass is 32.2. The third-order valence-electron chi connectivity index (χ3n) is 2.05. The fourth-order valence-electron chi connectivity index (χ4n) is 1.20. The van der Waals surface area contributed by atoms with Crippen molar-refractivity contribution in [1.82, 2.24) is 4.98 Å². The molecule has 1 aromatic heterocycles. The van der Waals surface area contributed by atoms with Crippen molar-refractivity contribution in [2.75, 3.05) is 5.75 Å². The van der Waals surface area contributed by atoms with E-state index >= 15 is 0 Å². The second-order valence-electron chi connectivity index (χ2n) is 2.99. The Kier molecular flexibility index (Phi) is 4.22. The van der Waals surface area contributed by atoms with Crippen molar-refractivity contribution in [3.05, 3.63) is 23.0 Å². The zero-order valence-corrected chi connectivity index (χ0v) is 9.27. The molecule has 0 aliphatic heterocycles. The average molecular weight is 213 g/mol. The number of aliphatic hydroxyl groups is 1. The first-order valence-corrected chi connectivity index (χ1v) is 5.71. The Morgan fingerprint density at radius 2 is 2.21 bits per heavy atom. The summed E-state index contributed by atoms with van der Waals surface area (Å²) >= 11 is 1.74. The van der Waals surface area contributed by atoms with Gasteiger partial charge in [-0.05, 0) is 18.2 Å². The summed E-state index contributed by atoms with van der Waals surface area (Å²) in [6, 6.07) is 0. The molecule has 0 saturated carbocycles. The standard InChI is InChI=1S/C10H15NO2S/c1-3-14-6-8-4-11-7(2)10(13)9(8)5-12/h4,12-13H,3,5-6H2,1-2H3. The van der Waals surface area contributed by atoms with Crippen LogP contribution < -0.4 is 0 Å². The number of hydrogen-bond donors (Lipinski definition) is 2. The van der Waals surface area contributed by atoms with E-state index in [1.165, 1.54) is 0 Å². The van der Waals surface area contributed by atoms with Crippen molar-refractivity contribution in [2.45, 2.75) is 26.2 Å². The van der Waals surface area contributed by atoms with Crippen LogP contribution in [-0.4, -0.2) is 20.9 Å². The van der Waals surface area contributed by atoms with Crippen molar-refractivity contribution >= 4 is 11.8 Å². The normalized spacial score (nSPS) is 10.5. The minimum absolute atomic E-state index is 0.127. The summed E-state index contributed by atoms with van der Waals surface area (Å²) in [5, 5.41) is 18.8. The Balaban J connectivity index is 2.98. The zero-order chi connectivity index (χ0) is 10.6. The summed E-state index contributed by atoms with van der Waals surface area (Å²) in [4.78, 5) is 4.07. The molecule has 0 fully saturated rings. The van der Waals surface area contributed by atoms with Crippen LogP contribution in [0.15, 0.2) is 6.20 Å². The van der Waals surface area contributed by atoms with Gasteiger partial charge in [-0.25, -0.2) is 0 Å². The molecule has 1 heterocycles. The van der Waals surface area contributed by atoms with Crippen LogP contribution in [0.25, 0.3) is 0 Å². The molecule has 0 saturated heterocycles. The summed E-state index contributed by atoms with van der Waals surface area (Å²) in [5.74, 6) is 1.92. The Morgan fingerprint density at radius 1 is 1.50 bits per heavy atom. The highest BCUT2D eigenvalue weighted by Gasteiger charge is 2.10. The topological polar surface area (TPSA) is 53.4 Å². The van der Waals surface area contributed by atoms with Crippen molar-refractivity contribution in [3.8, 4) is 5.75 Å². The van der Waals surface area contributed by atoms with Crippen LogP contribution in [-0.2, 0) is 12.4 Å². The molecule has 1 aromatic rings. The second kappa shape index (κ2) is 5.22. The number of rotatable bonds is 4. The third kappa shape index (κ3) is 2.39. The molecular weight excluding hydrogens is 198 g/mol. The maximum absolute atomic E-state index is 9.65. The molecule has 78 valence electrons. The molecule has 0 amide bonds. The van der Waals surface area contributed by atoms with E-state index in [0.717, 1.165) is 17.1 Å². The smallest absolute Gasteiger partial charge is 0.142 e. The lowest BCUT2D eigenvalue weighted by Gasteiger charge is -2.09. The average Bonchev–Trinajstić information content (AvgIpc) is 2.20. The quantitative estimate of drug-likeness (QED) is 0.801. The van der Waals surface area contributed by atoms with Crippen LogP contribution in [0.5, 0.6) is 5.75 Å². The minimum atomic E-state index is -0.130. The first-order chi connectivity index (χ1) is 6.70. The van der Waals surface area contributed by atoms with Gasteiger partial charge >= 0.3 is 0 Å². The van der Waals surface area contributed by atoms with Gasteiger partial charge in [0.1, 0.15) is 5.75 Å². The fourth-order valence-corrected chi connectivity index (χ4v) is 1.87. The molecule has 1 rings (SSSR count). The van der Waals surface area contributed by atoms with Gasteiger partial charge < -0.3 is 10.2 Å². The number of aryl methyl sites for hydroxylation is 1. The van der Waals surface area contributed by atoms with E-state index in [9.17, 15) is 5.11 Å². The van der Waals surface area contributed by atoms with Gasteiger partial charge in [0.2, 0.25) is 0 Å². The molecule has 0 spiro atoms. The van der Waals surface area contributed by atoms with Crippen LogP contribution in [0.3, 0.4) is 0 Å². The molecule has 0 radical (unpaired) electrons. The number of aromatic hydroxyl groups is 1. The maximum atomic E-state index is 9.65. The Labute approximate surface area is 88.2 Å². The molecule has 14 heavy (non-hydrogen) atoms. The number of thioether (sulfide) groups is 1.